The van der Waals surface area contributed by atoms with Crippen molar-refractivity contribution in [2.45, 2.75) is 44.2 Å². The van der Waals surface area contributed by atoms with Crippen LogP contribution in [0.15, 0.2) is 133 Å². The molecule has 0 saturated carbocycles. The molecule has 0 fully saturated rings. The number of nitrogens with one attached hydrogen (secondary N) is 2. The topological polar surface area (TPSA) is 158 Å². The zero-order valence-corrected chi connectivity index (χ0v) is 33.8. The molecule has 3 amide bonds. The standard InChI is InChI=1S/C48H36Cl2N4O7/c49-38-19-10-30(20-39(38)50)27-60-37-17-15-33(16-18-37)44-46(56)52-40-22-35-23-42(54(26-36(35)24-43(40)61-44)47(57)34-4-2-1-3-5-34)45(55)53-41(48(58)59)21-28-6-11-31(12-7-28)32-13-8-29(25-51)9-14-32/h1-20,22,24,41-42,44H,21,23,26-27H2,(H,52,56)(H,53,55)(H,58,59)/t41-,42?,44?/m0/s1. The van der Waals surface area contributed by atoms with E-state index in [1.807, 2.05) is 30.3 Å². The summed E-state index contributed by atoms with van der Waals surface area (Å²) in [7, 11) is 0. The molecule has 0 spiro atoms. The van der Waals surface area contributed by atoms with Crippen LogP contribution < -0.4 is 20.1 Å². The third kappa shape index (κ3) is 9.06. The lowest BCUT2D eigenvalue weighted by molar-refractivity contribution is -0.142. The molecule has 2 aliphatic rings. The SMILES string of the molecule is N#Cc1ccc(-c2ccc(C[C@H](NC(=O)C3Cc4cc5c(cc4CN3C(=O)c3ccccc3)OC(c3ccc(OCc4ccc(Cl)c(Cl)c4)cc3)C(=O)N5)C(=O)O)cc2)cc1. The molecule has 6 aromatic carbocycles. The Labute approximate surface area is 361 Å². The van der Waals surface area contributed by atoms with E-state index in [1.54, 1.807) is 103 Å². The first-order valence-corrected chi connectivity index (χ1v) is 20.1. The van der Waals surface area contributed by atoms with Crippen molar-refractivity contribution < 1.29 is 33.8 Å². The van der Waals surface area contributed by atoms with Crippen LogP contribution in [0, 0.1) is 11.3 Å². The van der Waals surface area contributed by atoms with Gasteiger partial charge in [0.05, 0.1) is 27.4 Å². The predicted molar refractivity (Wildman–Crippen MR) is 229 cm³/mol. The normalized spacial score (nSPS) is 15.8. The summed E-state index contributed by atoms with van der Waals surface area (Å²) in [6.07, 6.45) is -0.919. The van der Waals surface area contributed by atoms with Gasteiger partial charge < -0.3 is 30.1 Å². The number of amides is 3. The van der Waals surface area contributed by atoms with Gasteiger partial charge in [0.1, 0.15) is 30.2 Å². The molecule has 11 nitrogen and oxygen atoms in total. The molecule has 0 saturated heterocycles. The number of fused-ring (bicyclic) bond motifs is 2. The van der Waals surface area contributed by atoms with Crippen molar-refractivity contribution in [3.63, 3.8) is 0 Å². The van der Waals surface area contributed by atoms with Gasteiger partial charge in [-0.25, -0.2) is 4.79 Å². The van der Waals surface area contributed by atoms with E-state index in [0.717, 1.165) is 16.7 Å². The summed E-state index contributed by atoms with van der Waals surface area (Å²) in [4.78, 5) is 55.7. The van der Waals surface area contributed by atoms with Crippen molar-refractivity contribution in [1.82, 2.24) is 10.2 Å². The molecule has 61 heavy (non-hydrogen) atoms. The molecule has 3 atom stereocenters. The number of benzene rings is 6. The molecule has 0 aromatic heterocycles. The van der Waals surface area contributed by atoms with E-state index < -0.39 is 41.9 Å². The van der Waals surface area contributed by atoms with Gasteiger partial charge in [-0.05, 0) is 94.0 Å². The first kappa shape index (κ1) is 40.6. The summed E-state index contributed by atoms with van der Waals surface area (Å²) >= 11 is 12.2. The Balaban J connectivity index is 0.991. The van der Waals surface area contributed by atoms with E-state index in [0.29, 0.717) is 60.6 Å². The Bertz CT molecular complexity index is 2690. The maximum atomic E-state index is 14.1. The summed E-state index contributed by atoms with van der Waals surface area (Å²) in [5.74, 6) is -1.67. The summed E-state index contributed by atoms with van der Waals surface area (Å²) in [6, 6.07) is 38.5. The number of carboxylic acid groups (broad SMARTS) is 1. The maximum Gasteiger partial charge on any atom is 0.326 e. The van der Waals surface area contributed by atoms with E-state index in [9.17, 15) is 24.3 Å². The number of carbonyl (C=O) groups is 4. The van der Waals surface area contributed by atoms with Crippen LogP contribution in [0.3, 0.4) is 0 Å². The fourth-order valence-corrected chi connectivity index (χ4v) is 7.73. The lowest BCUT2D eigenvalue weighted by Crippen LogP contribution is -2.56. The highest BCUT2D eigenvalue weighted by molar-refractivity contribution is 6.42. The number of hydrogen-bond donors (Lipinski definition) is 3. The largest absolute Gasteiger partial charge is 0.489 e. The van der Waals surface area contributed by atoms with Gasteiger partial charge in [-0.2, -0.15) is 5.26 Å². The fourth-order valence-electron chi connectivity index (χ4n) is 7.41. The Hall–Kier alpha value is -7.13. The minimum atomic E-state index is -1.29. The number of carboxylic acids is 1. The highest BCUT2D eigenvalue weighted by Gasteiger charge is 2.39. The number of anilines is 1. The van der Waals surface area contributed by atoms with Crippen LogP contribution in [0.2, 0.25) is 10.0 Å². The highest BCUT2D eigenvalue weighted by atomic mass is 35.5. The molecule has 3 N–H and O–H groups in total. The predicted octanol–water partition coefficient (Wildman–Crippen LogP) is 8.56. The lowest BCUT2D eigenvalue weighted by Gasteiger charge is -2.37. The van der Waals surface area contributed by atoms with Crippen LogP contribution in [-0.2, 0) is 40.4 Å². The molecular formula is C48H36Cl2N4O7. The number of ether oxygens (including phenoxy) is 2. The Morgan fingerprint density at radius 3 is 2.21 bits per heavy atom. The van der Waals surface area contributed by atoms with Gasteiger partial charge in [-0.3, -0.25) is 14.4 Å². The van der Waals surface area contributed by atoms with Gasteiger partial charge in [0.2, 0.25) is 12.0 Å². The second-order valence-corrected chi connectivity index (χ2v) is 15.5. The molecule has 304 valence electrons. The van der Waals surface area contributed by atoms with Crippen LogP contribution in [0.25, 0.3) is 11.1 Å². The van der Waals surface area contributed by atoms with Crippen molar-refractivity contribution in [3.05, 3.63) is 182 Å². The summed E-state index contributed by atoms with van der Waals surface area (Å²) in [5, 5.41) is 25.9. The van der Waals surface area contributed by atoms with Crippen molar-refractivity contribution in [2.75, 3.05) is 5.32 Å². The second kappa shape index (κ2) is 17.6. The number of hydrogen-bond acceptors (Lipinski definition) is 7. The molecule has 2 aliphatic heterocycles. The van der Waals surface area contributed by atoms with Gasteiger partial charge in [-0.15, -0.1) is 0 Å². The minimum absolute atomic E-state index is 0.00279. The average molecular weight is 852 g/mol. The van der Waals surface area contributed by atoms with Gasteiger partial charge in [-0.1, -0.05) is 96.0 Å². The summed E-state index contributed by atoms with van der Waals surface area (Å²) < 4.78 is 12.2. The number of rotatable bonds is 11. The molecule has 6 aromatic rings. The van der Waals surface area contributed by atoms with Crippen LogP contribution in [0.4, 0.5) is 5.69 Å². The van der Waals surface area contributed by atoms with Gasteiger partial charge in [0, 0.05) is 30.5 Å². The average Bonchev–Trinajstić information content (AvgIpc) is 3.28. The molecule has 2 heterocycles. The van der Waals surface area contributed by atoms with Crippen LogP contribution >= 0.6 is 23.2 Å². The Kier molecular flexibility index (Phi) is 11.7. The zero-order valence-electron chi connectivity index (χ0n) is 32.3. The number of nitriles is 1. The van der Waals surface area contributed by atoms with Crippen molar-refractivity contribution in [2.24, 2.45) is 0 Å². The first-order valence-electron chi connectivity index (χ1n) is 19.3. The first-order chi connectivity index (χ1) is 29.5. The molecule has 2 unspecified atom stereocenters. The van der Waals surface area contributed by atoms with Gasteiger partial charge >= 0.3 is 5.97 Å². The van der Waals surface area contributed by atoms with Crippen molar-refractivity contribution in [1.29, 1.82) is 5.26 Å². The van der Waals surface area contributed by atoms with Gasteiger partial charge in [0.25, 0.3) is 11.8 Å². The quantitative estimate of drug-likeness (QED) is 0.117. The van der Waals surface area contributed by atoms with Crippen LogP contribution in [-0.4, -0.2) is 45.8 Å². The molecule has 0 radical (unpaired) electrons. The Morgan fingerprint density at radius 2 is 1.54 bits per heavy atom. The van der Waals surface area contributed by atoms with E-state index in [4.69, 9.17) is 37.9 Å². The van der Waals surface area contributed by atoms with Gasteiger partial charge in [0.15, 0.2) is 0 Å². The number of aliphatic carboxylic acids is 1. The van der Waals surface area contributed by atoms with Crippen molar-refractivity contribution in [3.8, 4) is 28.7 Å². The molecule has 0 bridgehead atoms. The lowest BCUT2D eigenvalue weighted by atomic mass is 9.91. The molecular weight excluding hydrogens is 815 g/mol. The summed E-state index contributed by atoms with van der Waals surface area (Å²) in [5.41, 5.74) is 6.64. The number of halogens is 2. The van der Waals surface area contributed by atoms with Crippen LogP contribution in [0.1, 0.15) is 49.8 Å². The fraction of sp³-hybridized carbons (Fsp3) is 0.146. The smallest absolute Gasteiger partial charge is 0.326 e. The van der Waals surface area contributed by atoms with Crippen LogP contribution in [0.5, 0.6) is 11.5 Å². The minimum Gasteiger partial charge on any atom is -0.489 e. The number of carbonyl (C=O) groups excluding carboxylic acids is 3. The van der Waals surface area contributed by atoms with E-state index >= 15 is 0 Å². The second-order valence-electron chi connectivity index (χ2n) is 14.7. The third-order valence-electron chi connectivity index (χ3n) is 10.7. The molecule has 13 heteroatoms. The van der Waals surface area contributed by atoms with E-state index in [-0.39, 0.29) is 26.0 Å². The summed E-state index contributed by atoms with van der Waals surface area (Å²) in [6.45, 7) is 0.286. The highest BCUT2D eigenvalue weighted by Crippen LogP contribution is 2.40. The Morgan fingerprint density at radius 1 is 0.852 bits per heavy atom. The molecule has 8 rings (SSSR count). The molecule has 0 aliphatic carbocycles. The maximum absolute atomic E-state index is 14.1. The van der Waals surface area contributed by atoms with E-state index in [2.05, 4.69) is 16.7 Å². The van der Waals surface area contributed by atoms with Crippen molar-refractivity contribution >= 4 is 52.6 Å². The zero-order chi connectivity index (χ0) is 42.6. The van der Waals surface area contributed by atoms with E-state index in [1.165, 1.54) is 4.90 Å². The monoisotopic (exact) mass is 850 g/mol. The number of nitrogens with zero attached hydrogens (tertiary/aromatic N) is 2. The third-order valence-corrected chi connectivity index (χ3v) is 11.4.